The molecule has 0 aliphatic carbocycles. The third-order valence-electron chi connectivity index (χ3n) is 2.81. The van der Waals surface area contributed by atoms with Crippen molar-refractivity contribution in [2.75, 3.05) is 0 Å². The van der Waals surface area contributed by atoms with Crippen LogP contribution in [0.1, 0.15) is 50.4 Å². The van der Waals surface area contributed by atoms with Crippen LogP contribution in [0.2, 0.25) is 0 Å². The van der Waals surface area contributed by atoms with Crippen LogP contribution < -0.4 is 0 Å². The zero-order valence-electron chi connectivity index (χ0n) is 10.7. The smallest absolute Gasteiger partial charge is 0.136 e. The van der Waals surface area contributed by atoms with Gasteiger partial charge in [-0.1, -0.05) is 13.3 Å². The first kappa shape index (κ1) is 13.7. The van der Waals surface area contributed by atoms with Crippen molar-refractivity contribution in [3.8, 4) is 5.75 Å². The van der Waals surface area contributed by atoms with Gasteiger partial charge in [0.25, 0.3) is 0 Å². The number of aryl methyl sites for hydroxylation is 2. The summed E-state index contributed by atoms with van der Waals surface area (Å²) < 4.78 is 0. The predicted octanol–water partition coefficient (Wildman–Crippen LogP) is 3.18. The molecule has 0 aliphatic heterocycles. The zero-order valence-corrected chi connectivity index (χ0v) is 10.7. The standard InChI is InChI=1S/C14H21NO2/c1-3-4-7-13(16)8-5-6-12-9-10-14(17)11(2)15-12/h9-10,17H,3-8H2,1-2H3. The lowest BCUT2D eigenvalue weighted by molar-refractivity contribution is -0.119. The molecule has 0 spiro atoms. The minimum Gasteiger partial charge on any atom is -0.506 e. The average Bonchev–Trinajstić information content (AvgIpc) is 2.31. The van der Waals surface area contributed by atoms with Crippen molar-refractivity contribution in [1.29, 1.82) is 0 Å². The van der Waals surface area contributed by atoms with E-state index in [9.17, 15) is 9.90 Å². The molecule has 3 heteroatoms. The van der Waals surface area contributed by atoms with E-state index in [4.69, 9.17) is 0 Å². The number of unbranched alkanes of at least 4 members (excludes halogenated alkanes) is 1. The lowest BCUT2D eigenvalue weighted by Gasteiger charge is -2.03. The highest BCUT2D eigenvalue weighted by atomic mass is 16.3. The van der Waals surface area contributed by atoms with Crippen LogP contribution in [0.3, 0.4) is 0 Å². The van der Waals surface area contributed by atoms with Gasteiger partial charge in [-0.15, -0.1) is 0 Å². The molecule has 3 nitrogen and oxygen atoms in total. The Hall–Kier alpha value is -1.38. The van der Waals surface area contributed by atoms with E-state index in [0.717, 1.165) is 31.4 Å². The van der Waals surface area contributed by atoms with E-state index in [1.807, 2.05) is 6.07 Å². The SMILES string of the molecule is CCCCC(=O)CCCc1ccc(O)c(C)n1. The van der Waals surface area contributed by atoms with Crippen molar-refractivity contribution < 1.29 is 9.90 Å². The van der Waals surface area contributed by atoms with E-state index in [-0.39, 0.29) is 5.75 Å². The molecule has 1 heterocycles. The van der Waals surface area contributed by atoms with Crippen molar-refractivity contribution in [3.63, 3.8) is 0 Å². The Labute approximate surface area is 103 Å². The molecular formula is C14H21NO2. The van der Waals surface area contributed by atoms with E-state index in [1.54, 1.807) is 13.0 Å². The first-order valence-electron chi connectivity index (χ1n) is 6.30. The van der Waals surface area contributed by atoms with E-state index in [2.05, 4.69) is 11.9 Å². The maximum Gasteiger partial charge on any atom is 0.136 e. The normalized spacial score (nSPS) is 10.5. The Morgan fingerprint density at radius 2 is 2.00 bits per heavy atom. The molecule has 0 aromatic carbocycles. The van der Waals surface area contributed by atoms with Crippen molar-refractivity contribution in [2.24, 2.45) is 0 Å². The summed E-state index contributed by atoms with van der Waals surface area (Å²) in [5, 5.41) is 9.34. The van der Waals surface area contributed by atoms with Crippen LogP contribution in [0.5, 0.6) is 5.75 Å². The fourth-order valence-electron chi connectivity index (χ4n) is 1.71. The van der Waals surface area contributed by atoms with Crippen molar-refractivity contribution in [1.82, 2.24) is 4.98 Å². The van der Waals surface area contributed by atoms with Crippen LogP contribution >= 0.6 is 0 Å². The van der Waals surface area contributed by atoms with Crippen LogP contribution in [0.25, 0.3) is 0 Å². The predicted molar refractivity (Wildman–Crippen MR) is 68.1 cm³/mol. The third-order valence-corrected chi connectivity index (χ3v) is 2.81. The number of nitrogens with zero attached hydrogens (tertiary/aromatic N) is 1. The van der Waals surface area contributed by atoms with E-state index >= 15 is 0 Å². The highest BCUT2D eigenvalue weighted by molar-refractivity contribution is 5.78. The first-order valence-corrected chi connectivity index (χ1v) is 6.30. The number of ketones is 1. The number of aromatic hydroxyl groups is 1. The minimum atomic E-state index is 0.229. The summed E-state index contributed by atoms with van der Waals surface area (Å²) in [7, 11) is 0. The summed E-state index contributed by atoms with van der Waals surface area (Å²) in [5.74, 6) is 0.579. The average molecular weight is 235 g/mol. The second-order valence-corrected chi connectivity index (χ2v) is 4.40. The monoisotopic (exact) mass is 235 g/mol. The molecule has 0 bridgehead atoms. The fraction of sp³-hybridized carbons (Fsp3) is 0.571. The number of hydrogen-bond acceptors (Lipinski definition) is 3. The number of Topliss-reactive ketones (excluding diaryl/α,β-unsaturated/α-hetero) is 1. The Balaban J connectivity index is 2.30. The Morgan fingerprint density at radius 3 is 2.65 bits per heavy atom. The van der Waals surface area contributed by atoms with Crippen LogP contribution in [-0.2, 0) is 11.2 Å². The van der Waals surface area contributed by atoms with E-state index in [0.29, 0.717) is 24.3 Å². The summed E-state index contributed by atoms with van der Waals surface area (Å²) in [4.78, 5) is 15.7. The van der Waals surface area contributed by atoms with Gasteiger partial charge in [-0.25, -0.2) is 0 Å². The van der Waals surface area contributed by atoms with Crippen LogP contribution in [0.15, 0.2) is 12.1 Å². The highest BCUT2D eigenvalue weighted by Crippen LogP contribution is 2.14. The van der Waals surface area contributed by atoms with Gasteiger partial charge in [-0.2, -0.15) is 0 Å². The Kier molecular flexibility index (Phi) is 5.67. The molecule has 0 radical (unpaired) electrons. The molecule has 0 atom stereocenters. The molecule has 1 aromatic heterocycles. The Morgan fingerprint density at radius 1 is 1.29 bits per heavy atom. The summed E-state index contributed by atoms with van der Waals surface area (Å²) in [6, 6.07) is 3.48. The molecule has 94 valence electrons. The van der Waals surface area contributed by atoms with Gasteiger partial charge in [0.1, 0.15) is 11.5 Å². The second-order valence-electron chi connectivity index (χ2n) is 4.40. The molecule has 0 saturated heterocycles. The van der Waals surface area contributed by atoms with Gasteiger partial charge < -0.3 is 5.11 Å². The zero-order chi connectivity index (χ0) is 12.7. The lowest BCUT2D eigenvalue weighted by Crippen LogP contribution is -2.00. The third kappa shape index (κ3) is 4.98. The highest BCUT2D eigenvalue weighted by Gasteiger charge is 2.03. The van der Waals surface area contributed by atoms with Gasteiger partial charge in [0.15, 0.2) is 0 Å². The van der Waals surface area contributed by atoms with Crippen LogP contribution in [0.4, 0.5) is 0 Å². The van der Waals surface area contributed by atoms with Gasteiger partial charge in [0, 0.05) is 18.5 Å². The van der Waals surface area contributed by atoms with Crippen LogP contribution in [0, 0.1) is 6.92 Å². The van der Waals surface area contributed by atoms with Crippen molar-refractivity contribution in [2.45, 2.75) is 52.4 Å². The number of hydrogen-bond donors (Lipinski definition) is 1. The fourth-order valence-corrected chi connectivity index (χ4v) is 1.71. The molecule has 0 aliphatic rings. The van der Waals surface area contributed by atoms with Gasteiger partial charge in [0.2, 0.25) is 0 Å². The molecule has 1 N–H and O–H groups in total. The first-order chi connectivity index (χ1) is 8.13. The molecule has 1 rings (SSSR count). The minimum absolute atomic E-state index is 0.229. The number of pyridine rings is 1. The van der Waals surface area contributed by atoms with Crippen molar-refractivity contribution in [3.05, 3.63) is 23.5 Å². The molecular weight excluding hydrogens is 214 g/mol. The second kappa shape index (κ2) is 7.05. The van der Waals surface area contributed by atoms with E-state index < -0.39 is 0 Å². The van der Waals surface area contributed by atoms with E-state index in [1.165, 1.54) is 0 Å². The largest absolute Gasteiger partial charge is 0.506 e. The topological polar surface area (TPSA) is 50.2 Å². The maximum absolute atomic E-state index is 11.5. The number of rotatable bonds is 7. The van der Waals surface area contributed by atoms with Crippen LogP contribution in [-0.4, -0.2) is 15.9 Å². The molecule has 0 unspecified atom stereocenters. The van der Waals surface area contributed by atoms with Gasteiger partial charge in [-0.3, -0.25) is 9.78 Å². The summed E-state index contributed by atoms with van der Waals surface area (Å²) in [6.07, 6.45) is 5.07. The van der Waals surface area contributed by atoms with Gasteiger partial charge in [0.05, 0.1) is 5.69 Å². The number of aromatic nitrogens is 1. The molecule has 0 fully saturated rings. The molecule has 1 aromatic rings. The summed E-state index contributed by atoms with van der Waals surface area (Å²) >= 11 is 0. The van der Waals surface area contributed by atoms with Gasteiger partial charge in [-0.05, 0) is 38.3 Å². The molecule has 0 saturated carbocycles. The molecule has 17 heavy (non-hydrogen) atoms. The van der Waals surface area contributed by atoms with Gasteiger partial charge >= 0.3 is 0 Å². The number of carbonyl (C=O) groups is 1. The lowest BCUT2D eigenvalue weighted by atomic mass is 10.1. The molecule has 0 amide bonds. The summed E-state index contributed by atoms with van der Waals surface area (Å²) in [5.41, 5.74) is 1.60. The quantitative estimate of drug-likeness (QED) is 0.789. The van der Waals surface area contributed by atoms with Crippen molar-refractivity contribution >= 4 is 5.78 Å². The maximum atomic E-state index is 11.5. The number of carbonyl (C=O) groups excluding carboxylic acids is 1. The summed E-state index contributed by atoms with van der Waals surface area (Å²) in [6.45, 7) is 3.88. The Bertz CT molecular complexity index is 374.